The first-order valence-corrected chi connectivity index (χ1v) is 9.39. The maximum Gasteiger partial charge on any atom is 0.224 e. The first kappa shape index (κ1) is 17.4. The van der Waals surface area contributed by atoms with Crippen LogP contribution in [0.5, 0.6) is 0 Å². The van der Waals surface area contributed by atoms with Crippen molar-refractivity contribution in [3.63, 3.8) is 0 Å². The first-order valence-electron chi connectivity index (χ1n) is 8.07. The summed E-state index contributed by atoms with van der Waals surface area (Å²) in [5.41, 5.74) is 2.23. The number of morpholine rings is 1. The minimum Gasteiger partial charge on any atom is -0.379 e. The smallest absolute Gasteiger partial charge is 0.224 e. The van der Waals surface area contributed by atoms with Gasteiger partial charge < -0.3 is 10.1 Å². The summed E-state index contributed by atoms with van der Waals surface area (Å²) in [5, 5.41) is 8.01. The van der Waals surface area contributed by atoms with Gasteiger partial charge in [0.25, 0.3) is 0 Å². The van der Waals surface area contributed by atoms with Crippen LogP contribution in [0.3, 0.4) is 0 Å². The quantitative estimate of drug-likeness (QED) is 0.856. The van der Waals surface area contributed by atoms with Crippen LogP contribution in [0.1, 0.15) is 17.2 Å². The van der Waals surface area contributed by atoms with Crippen molar-refractivity contribution in [3.05, 3.63) is 57.2 Å². The fourth-order valence-corrected chi connectivity index (χ4v) is 3.71. The van der Waals surface area contributed by atoms with Gasteiger partial charge in [-0.15, -0.1) is 0 Å². The molecule has 1 aromatic heterocycles. The Hall–Kier alpha value is -1.40. The number of rotatable bonds is 6. The molecule has 24 heavy (non-hydrogen) atoms. The summed E-state index contributed by atoms with van der Waals surface area (Å²) in [4.78, 5) is 14.7. The Balaban J connectivity index is 1.58. The lowest BCUT2D eigenvalue weighted by atomic mass is 10.1. The van der Waals surface area contributed by atoms with Crippen molar-refractivity contribution in [1.82, 2.24) is 10.2 Å². The standard InChI is InChI=1S/C18H21ClN2O2S/c19-16-3-1-14(2-4-16)11-18(22)20-12-17(15-5-10-24-13-15)21-6-8-23-9-7-21/h1-5,10,13,17H,6-9,11-12H2,(H,20,22). The molecule has 0 radical (unpaired) electrons. The van der Waals surface area contributed by atoms with E-state index >= 15 is 0 Å². The average molecular weight is 365 g/mol. The third kappa shape index (κ3) is 4.80. The summed E-state index contributed by atoms with van der Waals surface area (Å²) in [7, 11) is 0. The number of halogens is 1. The number of ether oxygens (including phenoxy) is 1. The van der Waals surface area contributed by atoms with E-state index in [4.69, 9.17) is 16.3 Å². The average Bonchev–Trinajstić information content (AvgIpc) is 3.12. The summed E-state index contributed by atoms with van der Waals surface area (Å²) in [6.07, 6.45) is 0.372. The van der Waals surface area contributed by atoms with Gasteiger partial charge in [0, 0.05) is 24.7 Å². The second kappa shape index (κ2) is 8.62. The largest absolute Gasteiger partial charge is 0.379 e. The zero-order valence-electron chi connectivity index (χ0n) is 13.4. The highest BCUT2D eigenvalue weighted by Gasteiger charge is 2.23. The van der Waals surface area contributed by atoms with E-state index in [1.807, 2.05) is 24.3 Å². The van der Waals surface area contributed by atoms with Gasteiger partial charge in [-0.3, -0.25) is 9.69 Å². The van der Waals surface area contributed by atoms with Crippen LogP contribution in [-0.4, -0.2) is 43.7 Å². The Morgan fingerprint density at radius 3 is 2.67 bits per heavy atom. The molecule has 4 nitrogen and oxygen atoms in total. The molecule has 2 heterocycles. The lowest BCUT2D eigenvalue weighted by Gasteiger charge is -2.34. The summed E-state index contributed by atoms with van der Waals surface area (Å²) >= 11 is 7.57. The Bertz CT molecular complexity index is 640. The van der Waals surface area contributed by atoms with Crippen molar-refractivity contribution in [3.8, 4) is 0 Å². The Morgan fingerprint density at radius 2 is 2.00 bits per heavy atom. The SMILES string of the molecule is O=C(Cc1ccc(Cl)cc1)NCC(c1ccsc1)N1CCOCC1. The molecule has 6 heteroatoms. The summed E-state index contributed by atoms with van der Waals surface area (Å²) < 4.78 is 5.44. The number of carbonyl (C=O) groups excluding carboxylic acids is 1. The van der Waals surface area contributed by atoms with E-state index in [1.165, 1.54) is 5.56 Å². The molecule has 0 spiro atoms. The normalized spacial score (nSPS) is 16.7. The monoisotopic (exact) mass is 364 g/mol. The van der Waals surface area contributed by atoms with Gasteiger partial charge in [0.05, 0.1) is 25.7 Å². The molecule has 1 N–H and O–H groups in total. The molecule has 1 aliphatic heterocycles. The summed E-state index contributed by atoms with van der Waals surface area (Å²) in [6.45, 7) is 3.91. The summed E-state index contributed by atoms with van der Waals surface area (Å²) in [6, 6.07) is 9.74. The molecule has 0 bridgehead atoms. The molecule has 1 atom stereocenters. The van der Waals surface area contributed by atoms with E-state index in [0.717, 1.165) is 31.9 Å². The van der Waals surface area contributed by atoms with Crippen LogP contribution in [-0.2, 0) is 16.0 Å². The van der Waals surface area contributed by atoms with Crippen molar-refractivity contribution < 1.29 is 9.53 Å². The number of carbonyl (C=O) groups is 1. The number of benzene rings is 1. The minimum atomic E-state index is 0.0332. The molecule has 128 valence electrons. The van der Waals surface area contributed by atoms with Crippen LogP contribution in [0.4, 0.5) is 0 Å². The van der Waals surface area contributed by atoms with E-state index in [0.29, 0.717) is 18.0 Å². The lowest BCUT2D eigenvalue weighted by Crippen LogP contribution is -2.43. The fourth-order valence-electron chi connectivity index (χ4n) is 2.87. The molecule has 0 saturated carbocycles. The van der Waals surface area contributed by atoms with E-state index < -0.39 is 0 Å². The second-order valence-electron chi connectivity index (χ2n) is 5.83. The molecule has 3 rings (SSSR count). The van der Waals surface area contributed by atoms with Gasteiger partial charge in [-0.2, -0.15) is 11.3 Å². The Kier molecular flexibility index (Phi) is 6.26. The van der Waals surface area contributed by atoms with Gasteiger partial charge in [-0.1, -0.05) is 23.7 Å². The van der Waals surface area contributed by atoms with Crippen LogP contribution in [0, 0.1) is 0 Å². The third-order valence-corrected chi connectivity index (χ3v) is 5.14. The molecule has 1 amide bonds. The van der Waals surface area contributed by atoms with Crippen LogP contribution in [0.2, 0.25) is 5.02 Å². The number of nitrogens with one attached hydrogen (secondary N) is 1. The third-order valence-electron chi connectivity index (χ3n) is 4.18. The van der Waals surface area contributed by atoms with Gasteiger partial charge in [-0.25, -0.2) is 0 Å². The van der Waals surface area contributed by atoms with Gasteiger partial charge in [0.15, 0.2) is 0 Å². The van der Waals surface area contributed by atoms with Gasteiger partial charge in [0.2, 0.25) is 5.91 Å². The zero-order valence-corrected chi connectivity index (χ0v) is 15.0. The van der Waals surface area contributed by atoms with Crippen molar-refractivity contribution in [2.24, 2.45) is 0 Å². The van der Waals surface area contributed by atoms with Gasteiger partial charge >= 0.3 is 0 Å². The van der Waals surface area contributed by atoms with Crippen LogP contribution in [0.25, 0.3) is 0 Å². The Morgan fingerprint density at radius 1 is 1.25 bits per heavy atom. The van der Waals surface area contributed by atoms with Crippen LogP contribution in [0.15, 0.2) is 41.1 Å². The number of thiophene rings is 1. The highest BCUT2D eigenvalue weighted by Crippen LogP contribution is 2.23. The fraction of sp³-hybridized carbons (Fsp3) is 0.389. The maximum atomic E-state index is 12.3. The van der Waals surface area contributed by atoms with E-state index in [9.17, 15) is 4.79 Å². The predicted octanol–water partition coefficient (Wildman–Crippen LogP) is 3.13. The van der Waals surface area contributed by atoms with Crippen LogP contribution < -0.4 is 5.32 Å². The highest BCUT2D eigenvalue weighted by molar-refractivity contribution is 7.07. The van der Waals surface area contributed by atoms with Crippen molar-refractivity contribution in [2.45, 2.75) is 12.5 Å². The molecular formula is C18H21ClN2O2S. The molecule has 1 aliphatic rings. The maximum absolute atomic E-state index is 12.3. The van der Waals surface area contributed by atoms with E-state index in [2.05, 4.69) is 27.0 Å². The number of nitrogens with zero attached hydrogens (tertiary/aromatic N) is 1. The van der Waals surface area contributed by atoms with Crippen molar-refractivity contribution in [2.75, 3.05) is 32.8 Å². The van der Waals surface area contributed by atoms with Crippen molar-refractivity contribution >= 4 is 28.8 Å². The van der Waals surface area contributed by atoms with Crippen LogP contribution >= 0.6 is 22.9 Å². The van der Waals surface area contributed by atoms with Gasteiger partial charge in [0.1, 0.15) is 0 Å². The lowest BCUT2D eigenvalue weighted by molar-refractivity contribution is -0.120. The minimum absolute atomic E-state index is 0.0332. The number of hydrogen-bond acceptors (Lipinski definition) is 4. The van der Waals surface area contributed by atoms with Gasteiger partial charge in [-0.05, 0) is 40.1 Å². The van der Waals surface area contributed by atoms with E-state index in [-0.39, 0.29) is 11.9 Å². The number of hydrogen-bond donors (Lipinski definition) is 1. The highest BCUT2D eigenvalue weighted by atomic mass is 35.5. The predicted molar refractivity (Wildman–Crippen MR) is 97.6 cm³/mol. The molecule has 1 fully saturated rings. The molecular weight excluding hydrogens is 344 g/mol. The van der Waals surface area contributed by atoms with Crippen molar-refractivity contribution in [1.29, 1.82) is 0 Å². The Labute approximate surface area is 151 Å². The second-order valence-corrected chi connectivity index (χ2v) is 7.04. The molecule has 0 aliphatic carbocycles. The summed E-state index contributed by atoms with van der Waals surface area (Å²) in [5.74, 6) is 0.0332. The number of amides is 1. The zero-order chi connectivity index (χ0) is 16.8. The topological polar surface area (TPSA) is 41.6 Å². The molecule has 1 aromatic carbocycles. The van der Waals surface area contributed by atoms with E-state index in [1.54, 1.807) is 11.3 Å². The molecule has 2 aromatic rings. The molecule has 1 saturated heterocycles. The first-order chi connectivity index (χ1) is 11.7. The molecule has 1 unspecified atom stereocenters.